The fourth-order valence-electron chi connectivity index (χ4n) is 2.85. The van der Waals surface area contributed by atoms with Crippen molar-refractivity contribution in [2.24, 2.45) is 5.73 Å². The summed E-state index contributed by atoms with van der Waals surface area (Å²) in [5.41, 5.74) is 5.69. The van der Waals surface area contributed by atoms with Crippen LogP contribution in [0.15, 0.2) is 0 Å². The van der Waals surface area contributed by atoms with Crippen molar-refractivity contribution in [1.29, 1.82) is 0 Å². The first-order valence-electron chi connectivity index (χ1n) is 9.59. The number of hydrogen-bond acceptors (Lipinski definition) is 3. The average Bonchev–Trinajstić information content (AvgIpc) is 2.51. The Balaban J connectivity index is 3.15. The molecule has 132 valence electrons. The molecule has 0 saturated carbocycles. The van der Waals surface area contributed by atoms with Gasteiger partial charge in [-0.05, 0) is 6.42 Å². The van der Waals surface area contributed by atoms with Gasteiger partial charge in [0.2, 0.25) is 0 Å². The van der Waals surface area contributed by atoms with Gasteiger partial charge in [-0.1, -0.05) is 90.4 Å². The predicted octanol–water partition coefficient (Wildman–Crippen LogP) is 4.74. The maximum absolute atomic E-state index is 10.3. The van der Waals surface area contributed by atoms with E-state index in [0.29, 0.717) is 0 Å². The molecule has 0 radical (unpaired) electrons. The molecule has 0 unspecified atom stereocenters. The van der Waals surface area contributed by atoms with Crippen LogP contribution in [-0.4, -0.2) is 23.5 Å². The topological polar surface area (TPSA) is 63.3 Å². The van der Waals surface area contributed by atoms with E-state index in [2.05, 4.69) is 6.92 Å². The summed E-state index contributed by atoms with van der Waals surface area (Å²) < 4.78 is 0. The van der Waals surface area contributed by atoms with Crippen LogP contribution in [0.2, 0.25) is 0 Å². The summed E-state index contributed by atoms with van der Waals surface area (Å²) in [4.78, 5) is 10.3. The van der Waals surface area contributed by atoms with E-state index in [4.69, 9.17) is 5.73 Å². The van der Waals surface area contributed by atoms with Crippen molar-refractivity contribution in [3.63, 3.8) is 0 Å². The number of aliphatic hydroxyl groups is 1. The SMILES string of the molecule is CCCCCCCCCCCCCCC[C@@H](O)[C@@H](N)CC=O. The van der Waals surface area contributed by atoms with E-state index >= 15 is 0 Å². The highest BCUT2D eigenvalue weighted by atomic mass is 16.3. The summed E-state index contributed by atoms with van der Waals surface area (Å²) in [6, 6.07) is -0.380. The Labute approximate surface area is 138 Å². The second-order valence-corrected chi connectivity index (χ2v) is 6.66. The highest BCUT2D eigenvalue weighted by Gasteiger charge is 2.13. The van der Waals surface area contributed by atoms with Crippen LogP contribution in [0.4, 0.5) is 0 Å². The Morgan fingerprint density at radius 1 is 0.818 bits per heavy atom. The lowest BCUT2D eigenvalue weighted by atomic mass is 10.0. The van der Waals surface area contributed by atoms with Gasteiger partial charge in [0.15, 0.2) is 0 Å². The molecule has 0 bridgehead atoms. The molecule has 0 rings (SSSR count). The zero-order chi connectivity index (χ0) is 16.5. The van der Waals surface area contributed by atoms with Gasteiger partial charge >= 0.3 is 0 Å². The second kappa shape index (κ2) is 17.0. The molecule has 0 spiro atoms. The third kappa shape index (κ3) is 14.5. The molecule has 0 aromatic rings. The Morgan fingerprint density at radius 2 is 1.23 bits per heavy atom. The highest BCUT2D eigenvalue weighted by molar-refractivity contribution is 5.50. The van der Waals surface area contributed by atoms with E-state index < -0.39 is 6.10 Å². The summed E-state index contributed by atoms with van der Waals surface area (Å²) in [7, 11) is 0. The molecule has 0 aliphatic heterocycles. The van der Waals surface area contributed by atoms with Gasteiger partial charge in [-0.2, -0.15) is 0 Å². The molecule has 0 aliphatic carbocycles. The molecular formula is C19H39NO2. The summed E-state index contributed by atoms with van der Waals surface area (Å²) in [5.74, 6) is 0. The molecule has 22 heavy (non-hydrogen) atoms. The Hall–Kier alpha value is -0.410. The highest BCUT2D eigenvalue weighted by Crippen LogP contribution is 2.14. The van der Waals surface area contributed by atoms with Gasteiger partial charge < -0.3 is 15.6 Å². The maximum atomic E-state index is 10.3. The van der Waals surface area contributed by atoms with E-state index in [-0.39, 0.29) is 12.5 Å². The van der Waals surface area contributed by atoms with Crippen LogP contribution in [0.5, 0.6) is 0 Å². The van der Waals surface area contributed by atoms with Crippen LogP contribution in [-0.2, 0) is 4.79 Å². The first-order chi connectivity index (χ1) is 10.7. The molecule has 0 aromatic carbocycles. The summed E-state index contributed by atoms with van der Waals surface area (Å²) >= 11 is 0. The number of nitrogens with two attached hydrogens (primary N) is 1. The zero-order valence-electron chi connectivity index (χ0n) is 14.8. The predicted molar refractivity (Wildman–Crippen MR) is 95.0 cm³/mol. The molecule has 3 nitrogen and oxygen atoms in total. The number of hydrogen-bond donors (Lipinski definition) is 2. The van der Waals surface area contributed by atoms with E-state index in [9.17, 15) is 9.90 Å². The third-order valence-electron chi connectivity index (χ3n) is 4.47. The quantitative estimate of drug-likeness (QED) is 0.301. The van der Waals surface area contributed by atoms with Gasteiger partial charge in [-0.15, -0.1) is 0 Å². The van der Waals surface area contributed by atoms with Gasteiger partial charge in [-0.25, -0.2) is 0 Å². The number of aliphatic hydroxyl groups excluding tert-OH is 1. The summed E-state index contributed by atoms with van der Waals surface area (Å²) in [5, 5.41) is 9.74. The molecule has 0 fully saturated rings. The minimum atomic E-state index is -0.516. The standard InChI is InChI=1S/C19H39NO2/c1-2-3-4-5-6-7-8-9-10-11-12-13-14-15-19(22)18(20)16-17-21/h17-19,22H,2-16,20H2,1H3/t18-,19+/m0/s1. The lowest BCUT2D eigenvalue weighted by Crippen LogP contribution is -2.34. The molecule has 0 heterocycles. The summed E-state index contributed by atoms with van der Waals surface area (Å²) in [6.45, 7) is 2.26. The van der Waals surface area contributed by atoms with Crippen LogP contribution < -0.4 is 5.73 Å². The second-order valence-electron chi connectivity index (χ2n) is 6.66. The number of carbonyl (C=O) groups excluding carboxylic acids is 1. The third-order valence-corrected chi connectivity index (χ3v) is 4.47. The number of unbranched alkanes of at least 4 members (excludes halogenated alkanes) is 12. The van der Waals surface area contributed by atoms with Gasteiger partial charge in [0, 0.05) is 12.5 Å². The number of carbonyl (C=O) groups is 1. The monoisotopic (exact) mass is 313 g/mol. The maximum Gasteiger partial charge on any atom is 0.121 e. The van der Waals surface area contributed by atoms with Crippen molar-refractivity contribution < 1.29 is 9.90 Å². The van der Waals surface area contributed by atoms with Gasteiger partial charge in [0.1, 0.15) is 6.29 Å². The van der Waals surface area contributed by atoms with E-state index in [0.717, 1.165) is 19.1 Å². The lowest BCUT2D eigenvalue weighted by Gasteiger charge is -2.16. The number of rotatable bonds is 17. The number of aldehydes is 1. The van der Waals surface area contributed by atoms with Crippen LogP contribution in [0, 0.1) is 0 Å². The first-order valence-corrected chi connectivity index (χ1v) is 9.59. The molecule has 3 heteroatoms. The molecule has 0 aromatic heterocycles. The van der Waals surface area contributed by atoms with Crippen molar-refractivity contribution in [2.75, 3.05) is 0 Å². The molecular weight excluding hydrogens is 274 g/mol. The Kier molecular flexibility index (Phi) is 16.6. The van der Waals surface area contributed by atoms with Crippen molar-refractivity contribution in [3.05, 3.63) is 0 Å². The molecule has 3 N–H and O–H groups in total. The van der Waals surface area contributed by atoms with Crippen molar-refractivity contribution in [2.45, 2.75) is 115 Å². The van der Waals surface area contributed by atoms with Crippen molar-refractivity contribution >= 4 is 6.29 Å². The fraction of sp³-hybridized carbons (Fsp3) is 0.947. The van der Waals surface area contributed by atoms with Crippen LogP contribution >= 0.6 is 0 Å². The average molecular weight is 314 g/mol. The Morgan fingerprint density at radius 3 is 1.64 bits per heavy atom. The molecule has 0 amide bonds. The van der Waals surface area contributed by atoms with Crippen LogP contribution in [0.3, 0.4) is 0 Å². The normalized spacial score (nSPS) is 14.0. The van der Waals surface area contributed by atoms with Gasteiger partial charge in [0.25, 0.3) is 0 Å². The fourth-order valence-corrected chi connectivity index (χ4v) is 2.85. The largest absolute Gasteiger partial charge is 0.392 e. The minimum Gasteiger partial charge on any atom is -0.392 e. The van der Waals surface area contributed by atoms with E-state index in [1.54, 1.807) is 0 Å². The lowest BCUT2D eigenvalue weighted by molar-refractivity contribution is -0.108. The van der Waals surface area contributed by atoms with E-state index in [1.807, 2.05) is 0 Å². The van der Waals surface area contributed by atoms with Crippen molar-refractivity contribution in [1.82, 2.24) is 0 Å². The molecule has 0 aliphatic rings. The smallest absolute Gasteiger partial charge is 0.121 e. The van der Waals surface area contributed by atoms with Crippen molar-refractivity contribution in [3.8, 4) is 0 Å². The van der Waals surface area contributed by atoms with Gasteiger partial charge in [-0.3, -0.25) is 0 Å². The van der Waals surface area contributed by atoms with Crippen LogP contribution in [0.25, 0.3) is 0 Å². The van der Waals surface area contributed by atoms with Gasteiger partial charge in [0.05, 0.1) is 6.10 Å². The zero-order valence-corrected chi connectivity index (χ0v) is 14.8. The summed E-state index contributed by atoms with van der Waals surface area (Å²) in [6.07, 6.45) is 18.5. The van der Waals surface area contributed by atoms with E-state index in [1.165, 1.54) is 77.0 Å². The first kappa shape index (κ1) is 21.6. The van der Waals surface area contributed by atoms with Crippen LogP contribution in [0.1, 0.15) is 103 Å². The molecule has 2 atom stereocenters. The molecule has 0 saturated heterocycles. The Bertz CT molecular complexity index is 233. The minimum absolute atomic E-state index is 0.264.